The first kappa shape index (κ1) is 13.3. The van der Waals surface area contributed by atoms with Crippen molar-refractivity contribution in [2.24, 2.45) is 0 Å². The Morgan fingerprint density at radius 1 is 1.21 bits per heavy atom. The maximum absolute atomic E-state index is 12.7. The van der Waals surface area contributed by atoms with Gasteiger partial charge >= 0.3 is 0 Å². The monoisotopic (exact) mass is 281 g/mol. The molecule has 100 valence electrons. The molecule has 1 heterocycles. The van der Waals surface area contributed by atoms with Gasteiger partial charge in [0.25, 0.3) is 0 Å². The van der Waals surface area contributed by atoms with Gasteiger partial charge < -0.3 is 5.73 Å². The maximum Gasteiger partial charge on any atom is 0.238 e. The van der Waals surface area contributed by atoms with Crippen molar-refractivity contribution >= 4 is 21.5 Å². The van der Waals surface area contributed by atoms with Crippen molar-refractivity contribution < 1.29 is 12.8 Å². The molecule has 2 aromatic rings. The van der Waals surface area contributed by atoms with Crippen LogP contribution >= 0.6 is 0 Å². The molecule has 7 heteroatoms. The molecule has 0 saturated heterocycles. The molecule has 0 aliphatic rings. The SMILES string of the molecule is Nc1ccccc1CS(=O)(=O)Nc1ccc(F)cn1. The first-order valence-corrected chi connectivity index (χ1v) is 7.07. The molecular weight excluding hydrogens is 269 g/mol. The Morgan fingerprint density at radius 2 is 1.95 bits per heavy atom. The molecule has 0 saturated carbocycles. The van der Waals surface area contributed by atoms with E-state index in [0.717, 1.165) is 12.3 Å². The fourth-order valence-electron chi connectivity index (χ4n) is 1.50. The molecule has 19 heavy (non-hydrogen) atoms. The van der Waals surface area contributed by atoms with Crippen LogP contribution < -0.4 is 10.5 Å². The van der Waals surface area contributed by atoms with Crippen LogP contribution in [0.1, 0.15) is 5.56 Å². The molecule has 1 aromatic heterocycles. The van der Waals surface area contributed by atoms with E-state index in [4.69, 9.17) is 5.73 Å². The number of nitrogens with one attached hydrogen (secondary N) is 1. The van der Waals surface area contributed by atoms with Gasteiger partial charge in [0.2, 0.25) is 10.0 Å². The lowest BCUT2D eigenvalue weighted by molar-refractivity contribution is 0.599. The van der Waals surface area contributed by atoms with Crippen molar-refractivity contribution in [1.29, 1.82) is 0 Å². The predicted molar refractivity (Wildman–Crippen MR) is 71.3 cm³/mol. The molecule has 0 aliphatic heterocycles. The van der Waals surface area contributed by atoms with Crippen LogP contribution in [0, 0.1) is 5.82 Å². The number of halogens is 1. The van der Waals surface area contributed by atoms with Crippen LogP contribution in [0.25, 0.3) is 0 Å². The quantitative estimate of drug-likeness (QED) is 0.836. The summed E-state index contributed by atoms with van der Waals surface area (Å²) in [6.45, 7) is 0. The molecule has 0 aliphatic carbocycles. The third-order valence-corrected chi connectivity index (χ3v) is 3.60. The minimum Gasteiger partial charge on any atom is -0.398 e. The average molecular weight is 281 g/mol. The largest absolute Gasteiger partial charge is 0.398 e. The van der Waals surface area contributed by atoms with Crippen LogP contribution in [0.5, 0.6) is 0 Å². The summed E-state index contributed by atoms with van der Waals surface area (Å²) in [5.41, 5.74) is 6.58. The molecule has 0 amide bonds. The van der Waals surface area contributed by atoms with Crippen molar-refractivity contribution in [3.05, 3.63) is 54.0 Å². The Balaban J connectivity index is 2.15. The number of pyridine rings is 1. The summed E-state index contributed by atoms with van der Waals surface area (Å²) >= 11 is 0. The molecule has 0 bridgehead atoms. The van der Waals surface area contributed by atoms with E-state index in [1.54, 1.807) is 24.3 Å². The van der Waals surface area contributed by atoms with E-state index in [9.17, 15) is 12.8 Å². The number of hydrogen-bond donors (Lipinski definition) is 2. The number of benzene rings is 1. The van der Waals surface area contributed by atoms with Crippen molar-refractivity contribution in [1.82, 2.24) is 4.98 Å². The molecule has 1 aromatic carbocycles. The van der Waals surface area contributed by atoms with Crippen LogP contribution in [0.15, 0.2) is 42.6 Å². The Morgan fingerprint density at radius 3 is 2.58 bits per heavy atom. The maximum atomic E-state index is 12.7. The Hall–Kier alpha value is -2.15. The highest BCUT2D eigenvalue weighted by molar-refractivity contribution is 7.91. The van der Waals surface area contributed by atoms with Gasteiger partial charge in [-0.2, -0.15) is 0 Å². The molecule has 0 spiro atoms. The molecule has 0 atom stereocenters. The summed E-state index contributed by atoms with van der Waals surface area (Å²) in [5, 5.41) is 0. The first-order valence-electron chi connectivity index (χ1n) is 5.42. The van der Waals surface area contributed by atoms with E-state index in [0.29, 0.717) is 11.3 Å². The van der Waals surface area contributed by atoms with E-state index < -0.39 is 15.8 Å². The summed E-state index contributed by atoms with van der Waals surface area (Å²) < 4.78 is 38.7. The van der Waals surface area contributed by atoms with Gasteiger partial charge in [0, 0.05) is 5.69 Å². The van der Waals surface area contributed by atoms with Gasteiger partial charge in [-0.3, -0.25) is 4.72 Å². The van der Waals surface area contributed by atoms with Gasteiger partial charge in [-0.25, -0.2) is 17.8 Å². The van der Waals surface area contributed by atoms with E-state index in [1.807, 2.05) is 0 Å². The van der Waals surface area contributed by atoms with Gasteiger partial charge in [0.1, 0.15) is 11.6 Å². The van der Waals surface area contributed by atoms with Crippen LogP contribution in [0.4, 0.5) is 15.9 Å². The topological polar surface area (TPSA) is 85.1 Å². The van der Waals surface area contributed by atoms with E-state index in [2.05, 4.69) is 9.71 Å². The highest BCUT2D eigenvalue weighted by atomic mass is 32.2. The first-order chi connectivity index (χ1) is 8.96. The smallest absolute Gasteiger partial charge is 0.238 e. The lowest BCUT2D eigenvalue weighted by Crippen LogP contribution is -2.16. The fourth-order valence-corrected chi connectivity index (χ4v) is 2.69. The van der Waals surface area contributed by atoms with Crippen molar-refractivity contribution in [2.75, 3.05) is 10.5 Å². The predicted octanol–water partition coefficient (Wildman–Crippen LogP) is 1.74. The summed E-state index contributed by atoms with van der Waals surface area (Å²) in [4.78, 5) is 3.63. The molecule has 2 rings (SSSR count). The van der Waals surface area contributed by atoms with E-state index >= 15 is 0 Å². The normalized spacial score (nSPS) is 11.2. The van der Waals surface area contributed by atoms with Gasteiger partial charge in [-0.05, 0) is 23.8 Å². The van der Waals surface area contributed by atoms with Crippen LogP contribution in [-0.4, -0.2) is 13.4 Å². The number of aromatic nitrogens is 1. The molecule has 0 fully saturated rings. The highest BCUT2D eigenvalue weighted by Crippen LogP contribution is 2.15. The number of hydrogen-bond acceptors (Lipinski definition) is 4. The summed E-state index contributed by atoms with van der Waals surface area (Å²) in [6, 6.07) is 9.06. The molecule has 5 nitrogen and oxygen atoms in total. The van der Waals surface area contributed by atoms with Gasteiger partial charge in [0.05, 0.1) is 11.9 Å². The zero-order valence-corrected chi connectivity index (χ0v) is 10.7. The average Bonchev–Trinajstić information content (AvgIpc) is 2.35. The second-order valence-electron chi connectivity index (χ2n) is 3.92. The molecule has 0 unspecified atom stereocenters. The third-order valence-electron chi connectivity index (χ3n) is 2.39. The van der Waals surface area contributed by atoms with Crippen molar-refractivity contribution in [2.45, 2.75) is 5.75 Å². The zero-order valence-electron chi connectivity index (χ0n) is 9.88. The van der Waals surface area contributed by atoms with Crippen LogP contribution in [0.3, 0.4) is 0 Å². The lowest BCUT2D eigenvalue weighted by atomic mass is 10.2. The zero-order chi connectivity index (χ0) is 13.9. The number of nitrogens with two attached hydrogens (primary N) is 1. The van der Waals surface area contributed by atoms with Crippen LogP contribution in [-0.2, 0) is 15.8 Å². The molecular formula is C12H12FN3O2S. The summed E-state index contributed by atoms with van der Waals surface area (Å²) in [6.07, 6.45) is 0.939. The van der Waals surface area contributed by atoms with E-state index in [-0.39, 0.29) is 11.6 Å². The number of para-hydroxylation sites is 1. The third kappa shape index (κ3) is 3.65. The number of rotatable bonds is 4. The van der Waals surface area contributed by atoms with Crippen molar-refractivity contribution in [3.8, 4) is 0 Å². The second kappa shape index (κ2) is 5.23. The number of nitrogens with zero attached hydrogens (tertiary/aromatic N) is 1. The number of nitrogen functional groups attached to an aromatic ring is 1. The number of sulfonamides is 1. The van der Waals surface area contributed by atoms with Gasteiger partial charge in [-0.15, -0.1) is 0 Å². The highest BCUT2D eigenvalue weighted by Gasteiger charge is 2.14. The van der Waals surface area contributed by atoms with Crippen LogP contribution in [0.2, 0.25) is 0 Å². The molecule has 0 radical (unpaired) electrons. The minimum absolute atomic E-state index is 0.0657. The van der Waals surface area contributed by atoms with E-state index in [1.165, 1.54) is 6.07 Å². The standard InChI is InChI=1S/C12H12FN3O2S/c13-10-5-6-12(15-7-10)16-19(17,18)8-9-3-1-2-4-11(9)14/h1-7H,8,14H2,(H,15,16). The van der Waals surface area contributed by atoms with Crippen molar-refractivity contribution in [3.63, 3.8) is 0 Å². The Bertz CT molecular complexity index is 672. The summed E-state index contributed by atoms with van der Waals surface area (Å²) in [7, 11) is -3.64. The second-order valence-corrected chi connectivity index (χ2v) is 5.64. The summed E-state index contributed by atoms with van der Waals surface area (Å²) in [5.74, 6) is -0.732. The Kier molecular flexibility index (Phi) is 3.66. The Labute approximate surface area is 110 Å². The lowest BCUT2D eigenvalue weighted by Gasteiger charge is -2.08. The molecule has 3 N–H and O–H groups in total. The fraction of sp³-hybridized carbons (Fsp3) is 0.0833. The number of anilines is 2. The van der Waals surface area contributed by atoms with Gasteiger partial charge in [-0.1, -0.05) is 18.2 Å². The van der Waals surface area contributed by atoms with Gasteiger partial charge in [0.15, 0.2) is 0 Å². The minimum atomic E-state index is -3.64.